The summed E-state index contributed by atoms with van der Waals surface area (Å²) in [6, 6.07) is 5.25. The van der Waals surface area contributed by atoms with E-state index in [1.165, 1.54) is 18.9 Å². The quantitative estimate of drug-likeness (QED) is 0.808. The zero-order valence-electron chi connectivity index (χ0n) is 8.92. The summed E-state index contributed by atoms with van der Waals surface area (Å²) >= 11 is 0. The van der Waals surface area contributed by atoms with Crippen LogP contribution in [-0.2, 0) is 0 Å². The lowest BCUT2D eigenvalue weighted by Crippen LogP contribution is -2.27. The molecule has 3 heteroatoms. The second-order valence-corrected chi connectivity index (χ2v) is 3.89. The number of rotatable bonds is 2. The van der Waals surface area contributed by atoms with Gasteiger partial charge in [0.05, 0.1) is 7.11 Å². The monoisotopic (exact) mass is 209 g/mol. The van der Waals surface area contributed by atoms with Gasteiger partial charge < -0.3 is 10.1 Å². The fraction of sp³-hybridized carbons (Fsp3) is 0.500. The maximum atomic E-state index is 13.7. The van der Waals surface area contributed by atoms with E-state index in [0.29, 0.717) is 5.75 Å². The summed E-state index contributed by atoms with van der Waals surface area (Å²) in [6.07, 6.45) is 3.38. The molecule has 0 amide bonds. The van der Waals surface area contributed by atoms with Gasteiger partial charge in [-0.05, 0) is 25.5 Å². The molecule has 0 aliphatic carbocycles. The van der Waals surface area contributed by atoms with Gasteiger partial charge in [0, 0.05) is 17.7 Å². The van der Waals surface area contributed by atoms with Crippen molar-refractivity contribution in [2.75, 3.05) is 13.7 Å². The zero-order valence-corrected chi connectivity index (χ0v) is 8.92. The highest BCUT2D eigenvalue weighted by Crippen LogP contribution is 2.27. The van der Waals surface area contributed by atoms with Crippen LogP contribution in [0.3, 0.4) is 0 Å². The number of ether oxygens (including phenoxy) is 1. The Morgan fingerprint density at radius 2 is 2.27 bits per heavy atom. The molecule has 1 heterocycles. The molecule has 1 saturated heterocycles. The van der Waals surface area contributed by atoms with E-state index in [-0.39, 0.29) is 11.9 Å². The molecular weight excluding hydrogens is 193 g/mol. The van der Waals surface area contributed by atoms with E-state index in [2.05, 4.69) is 5.32 Å². The van der Waals surface area contributed by atoms with Crippen molar-refractivity contribution in [1.29, 1.82) is 0 Å². The molecule has 1 fully saturated rings. The molecule has 1 atom stereocenters. The van der Waals surface area contributed by atoms with E-state index in [9.17, 15) is 4.39 Å². The Morgan fingerprint density at radius 3 is 2.87 bits per heavy atom. The largest absolute Gasteiger partial charge is 0.497 e. The lowest BCUT2D eigenvalue weighted by molar-refractivity contribution is 0.391. The van der Waals surface area contributed by atoms with Crippen LogP contribution < -0.4 is 10.1 Å². The van der Waals surface area contributed by atoms with E-state index < -0.39 is 0 Å². The van der Waals surface area contributed by atoms with E-state index in [1.807, 2.05) is 12.1 Å². The first-order valence-electron chi connectivity index (χ1n) is 5.38. The highest BCUT2D eigenvalue weighted by molar-refractivity contribution is 5.31. The first-order chi connectivity index (χ1) is 7.31. The summed E-state index contributed by atoms with van der Waals surface area (Å²) in [5.41, 5.74) is 0.760. The van der Waals surface area contributed by atoms with Crippen molar-refractivity contribution in [1.82, 2.24) is 5.32 Å². The second kappa shape index (κ2) is 4.62. The molecular formula is C12H16FNO. The predicted octanol–water partition coefficient (Wildman–Crippen LogP) is 2.65. The van der Waals surface area contributed by atoms with Crippen LogP contribution in [0.1, 0.15) is 30.9 Å². The summed E-state index contributed by atoms with van der Waals surface area (Å²) in [7, 11) is 1.55. The maximum Gasteiger partial charge on any atom is 0.131 e. The van der Waals surface area contributed by atoms with Gasteiger partial charge >= 0.3 is 0 Å². The van der Waals surface area contributed by atoms with Crippen LogP contribution in [0.5, 0.6) is 5.75 Å². The van der Waals surface area contributed by atoms with Gasteiger partial charge in [-0.1, -0.05) is 12.5 Å². The van der Waals surface area contributed by atoms with Gasteiger partial charge in [-0.15, -0.1) is 0 Å². The lowest BCUT2D eigenvalue weighted by atomic mass is 9.97. The standard InChI is InChI=1S/C12H16FNO/c1-15-9-5-6-10(11(13)8-9)12-4-2-3-7-14-12/h5-6,8,12,14H,2-4,7H2,1H3. The van der Waals surface area contributed by atoms with Crippen molar-refractivity contribution in [2.45, 2.75) is 25.3 Å². The SMILES string of the molecule is COc1ccc(C2CCCCN2)c(F)c1. The summed E-state index contributed by atoms with van der Waals surface area (Å²) in [4.78, 5) is 0. The number of hydrogen-bond acceptors (Lipinski definition) is 2. The van der Waals surface area contributed by atoms with Crippen LogP contribution in [0.2, 0.25) is 0 Å². The second-order valence-electron chi connectivity index (χ2n) is 3.89. The van der Waals surface area contributed by atoms with Crippen LogP contribution in [0.15, 0.2) is 18.2 Å². The smallest absolute Gasteiger partial charge is 0.131 e. The number of piperidine rings is 1. The van der Waals surface area contributed by atoms with E-state index in [0.717, 1.165) is 18.5 Å². The van der Waals surface area contributed by atoms with Crippen molar-refractivity contribution in [3.63, 3.8) is 0 Å². The van der Waals surface area contributed by atoms with Crippen LogP contribution in [-0.4, -0.2) is 13.7 Å². The Bertz CT molecular complexity index is 334. The first kappa shape index (κ1) is 10.4. The minimum absolute atomic E-state index is 0.171. The molecule has 0 spiro atoms. The Labute approximate surface area is 89.4 Å². The third-order valence-corrected chi connectivity index (χ3v) is 2.89. The van der Waals surface area contributed by atoms with Crippen molar-refractivity contribution < 1.29 is 9.13 Å². The Balaban J connectivity index is 2.19. The first-order valence-corrected chi connectivity index (χ1v) is 5.38. The average molecular weight is 209 g/mol. The number of hydrogen-bond donors (Lipinski definition) is 1. The molecule has 15 heavy (non-hydrogen) atoms. The minimum Gasteiger partial charge on any atom is -0.497 e. The van der Waals surface area contributed by atoms with Gasteiger partial charge in [0.1, 0.15) is 11.6 Å². The van der Waals surface area contributed by atoms with E-state index >= 15 is 0 Å². The van der Waals surface area contributed by atoms with Crippen molar-refractivity contribution >= 4 is 0 Å². The lowest BCUT2D eigenvalue weighted by Gasteiger charge is -2.24. The molecule has 1 unspecified atom stereocenters. The zero-order chi connectivity index (χ0) is 10.7. The van der Waals surface area contributed by atoms with Crippen molar-refractivity contribution in [2.24, 2.45) is 0 Å². The van der Waals surface area contributed by atoms with Gasteiger partial charge in [-0.3, -0.25) is 0 Å². The molecule has 0 radical (unpaired) electrons. The number of halogens is 1. The molecule has 2 nitrogen and oxygen atoms in total. The third kappa shape index (κ3) is 2.29. The fourth-order valence-corrected chi connectivity index (χ4v) is 2.03. The highest BCUT2D eigenvalue weighted by atomic mass is 19.1. The summed E-state index contributed by atoms with van der Waals surface area (Å²) in [6.45, 7) is 0.982. The van der Waals surface area contributed by atoms with Gasteiger partial charge in [0.2, 0.25) is 0 Å². The topological polar surface area (TPSA) is 21.3 Å². The molecule has 1 aliphatic heterocycles. The molecule has 0 aromatic heterocycles. The van der Waals surface area contributed by atoms with Gasteiger partial charge in [0.15, 0.2) is 0 Å². The van der Waals surface area contributed by atoms with Crippen LogP contribution in [0, 0.1) is 5.82 Å². The Morgan fingerprint density at radius 1 is 1.40 bits per heavy atom. The molecule has 1 aromatic carbocycles. The predicted molar refractivity (Wildman–Crippen MR) is 57.5 cm³/mol. The summed E-state index contributed by atoms with van der Waals surface area (Å²) < 4.78 is 18.7. The highest BCUT2D eigenvalue weighted by Gasteiger charge is 2.18. The molecule has 2 rings (SSSR count). The maximum absolute atomic E-state index is 13.7. The van der Waals surface area contributed by atoms with E-state index in [1.54, 1.807) is 7.11 Å². The van der Waals surface area contributed by atoms with Crippen LogP contribution in [0.25, 0.3) is 0 Å². The normalized spacial score (nSPS) is 21.3. The molecule has 1 aromatic rings. The summed E-state index contributed by atoms with van der Waals surface area (Å²) in [5, 5.41) is 3.33. The number of methoxy groups -OCH3 is 1. The molecule has 1 aliphatic rings. The van der Waals surface area contributed by atoms with Gasteiger partial charge in [-0.25, -0.2) is 4.39 Å². The van der Waals surface area contributed by atoms with Gasteiger partial charge in [-0.2, -0.15) is 0 Å². The number of nitrogens with one attached hydrogen (secondary N) is 1. The molecule has 82 valence electrons. The van der Waals surface area contributed by atoms with Crippen molar-refractivity contribution in [3.05, 3.63) is 29.6 Å². The van der Waals surface area contributed by atoms with Crippen molar-refractivity contribution in [3.8, 4) is 5.75 Å². The summed E-state index contributed by atoms with van der Waals surface area (Å²) in [5.74, 6) is 0.404. The fourth-order valence-electron chi connectivity index (χ4n) is 2.03. The van der Waals surface area contributed by atoms with Crippen LogP contribution >= 0.6 is 0 Å². The Kier molecular flexibility index (Phi) is 3.21. The minimum atomic E-state index is -0.172. The average Bonchev–Trinajstić information content (AvgIpc) is 2.30. The molecule has 0 saturated carbocycles. The molecule has 1 N–H and O–H groups in total. The number of benzene rings is 1. The Hall–Kier alpha value is -1.09. The molecule has 0 bridgehead atoms. The third-order valence-electron chi connectivity index (χ3n) is 2.89. The van der Waals surface area contributed by atoms with Crippen LogP contribution in [0.4, 0.5) is 4.39 Å². The van der Waals surface area contributed by atoms with E-state index in [4.69, 9.17) is 4.74 Å². The van der Waals surface area contributed by atoms with Gasteiger partial charge in [0.25, 0.3) is 0 Å².